The Morgan fingerprint density at radius 3 is 2.75 bits per heavy atom. The molecule has 0 amide bonds. The van der Waals surface area contributed by atoms with Crippen LogP contribution in [0.25, 0.3) is 10.9 Å². The van der Waals surface area contributed by atoms with Gasteiger partial charge in [-0.05, 0) is 18.6 Å². The maximum absolute atomic E-state index is 6.17. The summed E-state index contributed by atoms with van der Waals surface area (Å²) in [5.74, 6) is 0. The smallest absolute Gasteiger partial charge is 0.0672 e. The van der Waals surface area contributed by atoms with Crippen LogP contribution in [0.2, 0.25) is 0 Å². The first-order chi connectivity index (χ1) is 9.76. The Morgan fingerprint density at radius 2 is 2.00 bits per heavy atom. The Balaban J connectivity index is 2.21. The van der Waals surface area contributed by atoms with Gasteiger partial charge in [-0.25, -0.2) is 0 Å². The number of anilines is 2. The number of nitrogen functional groups attached to an aromatic ring is 1. The number of aromatic nitrogens is 2. The zero-order valence-corrected chi connectivity index (χ0v) is 12.1. The highest BCUT2D eigenvalue weighted by Gasteiger charge is 2.11. The van der Waals surface area contributed by atoms with Crippen molar-refractivity contribution in [1.29, 1.82) is 0 Å². The number of benzene rings is 1. The molecular weight excluding hydrogens is 256 g/mol. The number of nitrogens with one attached hydrogen (secondary N) is 1. The van der Waals surface area contributed by atoms with Crippen LogP contribution < -0.4 is 10.6 Å². The van der Waals surface area contributed by atoms with Crippen molar-refractivity contribution in [2.75, 3.05) is 51.2 Å². The minimum Gasteiger partial charge on any atom is -0.397 e. The van der Waals surface area contributed by atoms with E-state index in [0.29, 0.717) is 6.61 Å². The molecule has 0 fully saturated rings. The van der Waals surface area contributed by atoms with Gasteiger partial charge in [-0.3, -0.25) is 5.10 Å². The molecule has 0 saturated carbocycles. The van der Waals surface area contributed by atoms with Gasteiger partial charge in [0, 0.05) is 39.3 Å². The van der Waals surface area contributed by atoms with Crippen LogP contribution in [-0.2, 0) is 9.47 Å². The van der Waals surface area contributed by atoms with Gasteiger partial charge in [0.25, 0.3) is 0 Å². The second-order valence-corrected chi connectivity index (χ2v) is 4.69. The average molecular weight is 278 g/mol. The van der Waals surface area contributed by atoms with Gasteiger partial charge in [0.15, 0.2) is 0 Å². The van der Waals surface area contributed by atoms with Crippen molar-refractivity contribution in [3.05, 3.63) is 18.3 Å². The molecular formula is C14H22N4O2. The van der Waals surface area contributed by atoms with Crippen LogP contribution in [0.3, 0.4) is 0 Å². The number of rotatable bonds is 8. The van der Waals surface area contributed by atoms with Gasteiger partial charge in [-0.1, -0.05) is 0 Å². The zero-order valence-electron chi connectivity index (χ0n) is 12.1. The molecule has 110 valence electrons. The molecule has 0 saturated heterocycles. The van der Waals surface area contributed by atoms with Crippen LogP contribution in [0.5, 0.6) is 0 Å². The van der Waals surface area contributed by atoms with Crippen molar-refractivity contribution in [3.8, 4) is 0 Å². The van der Waals surface area contributed by atoms with Crippen LogP contribution >= 0.6 is 0 Å². The van der Waals surface area contributed by atoms with Gasteiger partial charge in [0.2, 0.25) is 0 Å². The van der Waals surface area contributed by atoms with Crippen molar-refractivity contribution in [1.82, 2.24) is 10.2 Å². The number of hydrogen-bond donors (Lipinski definition) is 2. The summed E-state index contributed by atoms with van der Waals surface area (Å²) >= 11 is 0. The second-order valence-electron chi connectivity index (χ2n) is 4.69. The normalized spacial score (nSPS) is 11.1. The van der Waals surface area contributed by atoms with Crippen LogP contribution in [0, 0.1) is 0 Å². The Bertz CT molecular complexity index is 541. The van der Waals surface area contributed by atoms with Gasteiger partial charge in [0.05, 0.1) is 29.7 Å². The Labute approximate surface area is 118 Å². The van der Waals surface area contributed by atoms with E-state index in [9.17, 15) is 0 Å². The molecule has 1 aromatic carbocycles. The summed E-state index contributed by atoms with van der Waals surface area (Å²) in [6.07, 6.45) is 2.72. The molecule has 6 nitrogen and oxygen atoms in total. The summed E-state index contributed by atoms with van der Waals surface area (Å²) in [6.45, 7) is 3.06. The van der Waals surface area contributed by atoms with E-state index in [1.54, 1.807) is 20.4 Å². The number of hydrogen-bond acceptors (Lipinski definition) is 5. The summed E-state index contributed by atoms with van der Waals surface area (Å²) in [5, 5.41) is 8.04. The number of ether oxygens (including phenoxy) is 2. The van der Waals surface area contributed by atoms with E-state index in [1.165, 1.54) is 0 Å². The number of nitrogens with zero attached hydrogens (tertiary/aromatic N) is 2. The van der Waals surface area contributed by atoms with E-state index in [-0.39, 0.29) is 0 Å². The largest absolute Gasteiger partial charge is 0.397 e. The lowest BCUT2D eigenvalue weighted by atomic mass is 10.2. The average Bonchev–Trinajstić information content (AvgIpc) is 2.89. The summed E-state index contributed by atoms with van der Waals surface area (Å²) in [6, 6.07) is 3.99. The number of aromatic amines is 1. The highest BCUT2D eigenvalue weighted by atomic mass is 16.5. The maximum Gasteiger partial charge on any atom is 0.0672 e. The molecule has 20 heavy (non-hydrogen) atoms. The predicted molar refractivity (Wildman–Crippen MR) is 81.1 cm³/mol. The van der Waals surface area contributed by atoms with Crippen LogP contribution in [0.1, 0.15) is 6.42 Å². The van der Waals surface area contributed by atoms with Crippen LogP contribution in [-0.4, -0.2) is 50.7 Å². The van der Waals surface area contributed by atoms with Crippen LogP contribution in [0.15, 0.2) is 18.3 Å². The van der Waals surface area contributed by atoms with Gasteiger partial charge >= 0.3 is 0 Å². The fourth-order valence-electron chi connectivity index (χ4n) is 2.23. The van der Waals surface area contributed by atoms with Crippen LogP contribution in [0.4, 0.5) is 11.4 Å². The predicted octanol–water partition coefficient (Wildman–Crippen LogP) is 1.63. The molecule has 0 bridgehead atoms. The second kappa shape index (κ2) is 7.12. The summed E-state index contributed by atoms with van der Waals surface area (Å²) in [4.78, 5) is 2.22. The third-order valence-corrected chi connectivity index (χ3v) is 3.27. The minimum absolute atomic E-state index is 0.660. The Morgan fingerprint density at radius 1 is 1.20 bits per heavy atom. The van der Waals surface area contributed by atoms with E-state index in [0.717, 1.165) is 48.4 Å². The zero-order chi connectivity index (χ0) is 14.4. The molecule has 0 unspecified atom stereocenters. The van der Waals surface area contributed by atoms with Crippen molar-refractivity contribution in [3.63, 3.8) is 0 Å². The highest BCUT2D eigenvalue weighted by molar-refractivity contribution is 5.88. The molecule has 2 aromatic rings. The minimum atomic E-state index is 0.660. The molecule has 2 rings (SSSR count). The fourth-order valence-corrected chi connectivity index (χ4v) is 2.23. The number of H-pyrrole nitrogens is 1. The standard InChI is InChI=1S/C14H22N4O2/c1-19-6-3-4-18(5-7-20-2)14-9-13-11(8-12(14)15)10-16-17-13/h8-10H,3-7,15H2,1-2H3,(H,16,17). The topological polar surface area (TPSA) is 76.4 Å². The van der Waals surface area contributed by atoms with Crippen molar-refractivity contribution in [2.24, 2.45) is 0 Å². The summed E-state index contributed by atoms with van der Waals surface area (Å²) in [7, 11) is 3.42. The molecule has 0 radical (unpaired) electrons. The lowest BCUT2D eigenvalue weighted by molar-refractivity contribution is 0.191. The first-order valence-electron chi connectivity index (χ1n) is 6.71. The number of nitrogens with two attached hydrogens (primary N) is 1. The van der Waals surface area contributed by atoms with Crippen molar-refractivity contribution >= 4 is 22.3 Å². The molecule has 1 aromatic heterocycles. The van der Waals surface area contributed by atoms with Crippen molar-refractivity contribution in [2.45, 2.75) is 6.42 Å². The molecule has 3 N–H and O–H groups in total. The third-order valence-electron chi connectivity index (χ3n) is 3.27. The van der Waals surface area contributed by atoms with E-state index in [1.807, 2.05) is 12.1 Å². The van der Waals surface area contributed by atoms with E-state index in [2.05, 4.69) is 15.1 Å². The van der Waals surface area contributed by atoms with E-state index >= 15 is 0 Å². The van der Waals surface area contributed by atoms with Gasteiger partial charge in [0.1, 0.15) is 0 Å². The van der Waals surface area contributed by atoms with E-state index in [4.69, 9.17) is 15.2 Å². The molecule has 0 aliphatic rings. The lowest BCUT2D eigenvalue weighted by Gasteiger charge is -2.26. The van der Waals surface area contributed by atoms with Crippen molar-refractivity contribution < 1.29 is 9.47 Å². The maximum atomic E-state index is 6.17. The lowest BCUT2D eigenvalue weighted by Crippen LogP contribution is -2.29. The molecule has 0 atom stereocenters. The molecule has 0 aliphatic carbocycles. The van der Waals surface area contributed by atoms with E-state index < -0.39 is 0 Å². The Hall–Kier alpha value is -1.79. The van der Waals surface area contributed by atoms with Gasteiger partial charge < -0.3 is 20.1 Å². The molecule has 1 heterocycles. The Kier molecular flexibility index (Phi) is 5.20. The van der Waals surface area contributed by atoms with Gasteiger partial charge in [-0.15, -0.1) is 0 Å². The number of fused-ring (bicyclic) bond motifs is 1. The first kappa shape index (κ1) is 14.6. The molecule has 0 spiro atoms. The fraction of sp³-hybridized carbons (Fsp3) is 0.500. The summed E-state index contributed by atoms with van der Waals surface area (Å²) < 4.78 is 10.3. The molecule has 6 heteroatoms. The monoisotopic (exact) mass is 278 g/mol. The number of methoxy groups -OCH3 is 2. The first-order valence-corrected chi connectivity index (χ1v) is 6.71. The third kappa shape index (κ3) is 3.40. The molecule has 0 aliphatic heterocycles. The van der Waals surface area contributed by atoms with Gasteiger partial charge in [-0.2, -0.15) is 5.10 Å². The SMILES string of the molecule is COCCCN(CCOC)c1cc2[nH]ncc2cc1N. The summed E-state index contributed by atoms with van der Waals surface area (Å²) in [5.41, 5.74) is 8.92. The highest BCUT2D eigenvalue weighted by Crippen LogP contribution is 2.28. The quantitative estimate of drug-likeness (QED) is 0.567.